The van der Waals surface area contributed by atoms with E-state index in [2.05, 4.69) is 15.5 Å². The Hall–Kier alpha value is -2.70. The first kappa shape index (κ1) is 31.8. The first-order valence-electron chi connectivity index (χ1n) is 11.7. The van der Waals surface area contributed by atoms with Crippen molar-refractivity contribution in [3.63, 3.8) is 0 Å². The Balaban J connectivity index is 0.00000441. The van der Waals surface area contributed by atoms with Crippen LogP contribution in [0.1, 0.15) is 29.8 Å². The van der Waals surface area contributed by atoms with Gasteiger partial charge < -0.3 is 15.2 Å². The molecule has 0 atom stereocenters. The molecule has 0 spiro atoms. The van der Waals surface area contributed by atoms with E-state index in [9.17, 15) is 22.9 Å². The second-order valence-electron chi connectivity index (χ2n) is 8.33. The summed E-state index contributed by atoms with van der Waals surface area (Å²) in [6.07, 6.45) is 0.259. The Morgan fingerprint density at radius 1 is 1.05 bits per heavy atom. The van der Waals surface area contributed by atoms with Crippen molar-refractivity contribution in [2.45, 2.75) is 25.2 Å². The summed E-state index contributed by atoms with van der Waals surface area (Å²) in [5.41, 5.74) is 0.408. The number of benzene rings is 4. The minimum Gasteiger partial charge on any atom is -0.870 e. The van der Waals surface area contributed by atoms with E-state index in [-0.39, 0.29) is 68.4 Å². The van der Waals surface area contributed by atoms with E-state index >= 15 is 0 Å². The van der Waals surface area contributed by atoms with E-state index in [1.165, 1.54) is 18.2 Å². The van der Waals surface area contributed by atoms with Crippen LogP contribution in [0, 0.1) is 0 Å². The third-order valence-electron chi connectivity index (χ3n) is 5.71. The Morgan fingerprint density at radius 2 is 1.77 bits per heavy atom. The van der Waals surface area contributed by atoms with E-state index in [1.54, 1.807) is 43.3 Å². The summed E-state index contributed by atoms with van der Waals surface area (Å²) in [6, 6.07) is 15.5. The van der Waals surface area contributed by atoms with Gasteiger partial charge in [0.1, 0.15) is 11.4 Å². The van der Waals surface area contributed by atoms with Crippen molar-refractivity contribution in [3.05, 3.63) is 81.8 Å². The largest absolute Gasteiger partial charge is 1.00 e. The van der Waals surface area contributed by atoms with Crippen molar-refractivity contribution >= 4 is 67.1 Å². The SMILES string of the molecule is CCOc1cc(Cl)cc(NC(=O)c2cc3ccccc3c(N=Nc3cc(CC)c(S(=O)(=O)O)cc3Cl)c2[O-])c1.[Na+]. The van der Waals surface area contributed by atoms with Crippen LogP contribution in [-0.2, 0) is 16.5 Å². The van der Waals surface area contributed by atoms with Crippen molar-refractivity contribution in [1.29, 1.82) is 0 Å². The van der Waals surface area contributed by atoms with E-state index in [0.717, 1.165) is 6.07 Å². The number of aryl methyl sites for hydroxylation is 1. The zero-order valence-corrected chi connectivity index (χ0v) is 26.1. The van der Waals surface area contributed by atoms with Gasteiger partial charge in [0.2, 0.25) is 0 Å². The molecule has 0 heterocycles. The molecule has 0 aliphatic rings. The number of azo groups is 1. The van der Waals surface area contributed by atoms with E-state index in [1.807, 2.05) is 6.92 Å². The molecule has 2 N–H and O–H groups in total. The van der Waals surface area contributed by atoms with Gasteiger partial charge in [-0.25, -0.2) is 0 Å². The van der Waals surface area contributed by atoms with Gasteiger partial charge in [0, 0.05) is 27.7 Å². The molecule has 40 heavy (non-hydrogen) atoms. The van der Waals surface area contributed by atoms with Crippen molar-refractivity contribution in [2.75, 3.05) is 11.9 Å². The number of fused-ring (bicyclic) bond motifs is 1. The first-order valence-corrected chi connectivity index (χ1v) is 13.9. The number of nitrogens with zero attached hydrogens (tertiary/aromatic N) is 2. The van der Waals surface area contributed by atoms with Gasteiger partial charge in [-0.05, 0) is 54.6 Å². The Morgan fingerprint density at radius 3 is 2.45 bits per heavy atom. The molecular weight excluding hydrogens is 588 g/mol. The summed E-state index contributed by atoms with van der Waals surface area (Å²) in [7, 11) is -4.50. The molecule has 0 aliphatic heterocycles. The van der Waals surface area contributed by atoms with Crippen LogP contribution in [0.5, 0.6) is 11.5 Å². The maximum atomic E-state index is 13.5. The predicted octanol–water partition coefficient (Wildman–Crippen LogP) is 4.10. The summed E-state index contributed by atoms with van der Waals surface area (Å²) in [6.45, 7) is 3.91. The third kappa shape index (κ3) is 7.13. The third-order valence-corrected chi connectivity index (χ3v) is 7.16. The van der Waals surface area contributed by atoms with Crippen molar-refractivity contribution in [3.8, 4) is 11.5 Å². The standard InChI is InChI=1S/C27H23Cl2N3O6S.Na/c1-3-15-10-23(22(29)14-24(15)39(35,36)37)31-32-25-20-8-6-5-7-16(20)9-21(26(25)33)27(34)30-18-11-17(28)12-19(13-18)38-4-2;/h5-14,33H,3-4H2,1-2H3,(H,30,34)(H,35,36,37);/q;+1/p-1. The molecule has 0 radical (unpaired) electrons. The van der Waals surface area contributed by atoms with Crippen LogP contribution < -0.4 is 44.7 Å². The molecule has 4 aromatic rings. The number of ether oxygens (including phenoxy) is 1. The molecule has 0 saturated carbocycles. The number of nitrogens with one attached hydrogen (secondary N) is 1. The zero-order chi connectivity index (χ0) is 28.3. The minimum absolute atomic E-state index is 0. The fourth-order valence-corrected chi connectivity index (χ4v) is 5.24. The predicted molar refractivity (Wildman–Crippen MR) is 149 cm³/mol. The maximum Gasteiger partial charge on any atom is 1.00 e. The van der Waals surface area contributed by atoms with Crippen molar-refractivity contribution in [2.24, 2.45) is 10.2 Å². The Labute approximate surface area is 263 Å². The van der Waals surface area contributed by atoms with Gasteiger partial charge in [0.25, 0.3) is 16.0 Å². The summed E-state index contributed by atoms with van der Waals surface area (Å²) in [5, 5.41) is 25.6. The fraction of sp³-hybridized carbons (Fsp3) is 0.148. The van der Waals surface area contributed by atoms with E-state index < -0.39 is 21.8 Å². The van der Waals surface area contributed by atoms with Gasteiger partial charge in [-0.1, -0.05) is 60.1 Å². The average molecular weight is 610 g/mol. The fourth-order valence-electron chi connectivity index (χ4n) is 3.94. The molecule has 0 aliphatic carbocycles. The molecule has 0 unspecified atom stereocenters. The van der Waals surface area contributed by atoms with E-state index in [4.69, 9.17) is 27.9 Å². The Kier molecular flexibility index (Phi) is 10.6. The summed E-state index contributed by atoms with van der Waals surface area (Å²) >= 11 is 12.4. The second kappa shape index (κ2) is 13.3. The van der Waals surface area contributed by atoms with Crippen LogP contribution >= 0.6 is 23.2 Å². The second-order valence-corrected chi connectivity index (χ2v) is 10.6. The number of halogens is 2. The van der Waals surface area contributed by atoms with Gasteiger partial charge in [-0.3, -0.25) is 9.35 Å². The molecule has 9 nitrogen and oxygen atoms in total. The summed E-state index contributed by atoms with van der Waals surface area (Å²) in [5.74, 6) is -0.905. The van der Waals surface area contributed by atoms with Gasteiger partial charge in [-0.15, -0.1) is 5.11 Å². The van der Waals surface area contributed by atoms with Gasteiger partial charge >= 0.3 is 29.6 Å². The number of amides is 1. The first-order chi connectivity index (χ1) is 18.5. The Bertz CT molecular complexity index is 1730. The molecule has 4 aromatic carbocycles. The molecule has 1 amide bonds. The quantitative estimate of drug-likeness (QED) is 0.175. The van der Waals surface area contributed by atoms with Crippen LogP contribution in [0.3, 0.4) is 0 Å². The van der Waals surface area contributed by atoms with Crippen LogP contribution in [0.15, 0.2) is 75.8 Å². The summed E-state index contributed by atoms with van der Waals surface area (Å²) < 4.78 is 38.3. The molecule has 4 rings (SSSR count). The molecule has 0 fully saturated rings. The zero-order valence-electron chi connectivity index (χ0n) is 21.7. The van der Waals surface area contributed by atoms with Crippen LogP contribution in [0.2, 0.25) is 10.0 Å². The molecule has 202 valence electrons. The number of hydrogen-bond donors (Lipinski definition) is 2. The molecule has 0 aromatic heterocycles. The maximum absolute atomic E-state index is 13.5. The van der Waals surface area contributed by atoms with Crippen molar-refractivity contribution < 1.29 is 57.2 Å². The topological polar surface area (TPSA) is 140 Å². The molecule has 0 bridgehead atoms. The molecular formula is C27H22Cl2N3NaO6S. The smallest absolute Gasteiger partial charge is 0.870 e. The normalized spacial score (nSPS) is 11.4. The monoisotopic (exact) mass is 609 g/mol. The van der Waals surface area contributed by atoms with Gasteiger partial charge in [-0.2, -0.15) is 13.5 Å². The van der Waals surface area contributed by atoms with Crippen molar-refractivity contribution in [1.82, 2.24) is 0 Å². The minimum atomic E-state index is -4.50. The number of rotatable bonds is 8. The van der Waals surface area contributed by atoms with Gasteiger partial charge in [0.05, 0.1) is 22.2 Å². The van der Waals surface area contributed by atoms with Crippen LogP contribution in [0.4, 0.5) is 17.1 Å². The molecule has 13 heteroatoms. The number of carbonyl (C=O) groups is 1. The number of carbonyl (C=O) groups excluding carboxylic acids is 1. The number of anilines is 1. The number of hydrogen-bond acceptors (Lipinski definition) is 7. The van der Waals surface area contributed by atoms with Gasteiger partial charge in [0.15, 0.2) is 0 Å². The van der Waals surface area contributed by atoms with E-state index in [0.29, 0.717) is 33.8 Å². The average Bonchev–Trinajstić information content (AvgIpc) is 2.87. The molecule has 0 saturated heterocycles. The summed E-state index contributed by atoms with van der Waals surface area (Å²) in [4.78, 5) is 12.8. The van der Waals surface area contributed by atoms with Crippen LogP contribution in [0.25, 0.3) is 10.8 Å². The van der Waals surface area contributed by atoms with Crippen LogP contribution in [-0.4, -0.2) is 25.5 Å².